The molecule has 0 saturated heterocycles. The van der Waals surface area contributed by atoms with E-state index in [1.165, 1.54) is 44.9 Å². The van der Waals surface area contributed by atoms with Crippen molar-refractivity contribution in [2.24, 2.45) is 93.2 Å². The summed E-state index contributed by atoms with van der Waals surface area (Å²) < 4.78 is 0. The van der Waals surface area contributed by atoms with E-state index in [9.17, 15) is 5.11 Å². The Kier molecular flexibility index (Phi) is 7.79. The van der Waals surface area contributed by atoms with Crippen molar-refractivity contribution in [2.75, 3.05) is 0 Å². The van der Waals surface area contributed by atoms with Gasteiger partial charge in [-0.15, -0.1) is 0 Å². The van der Waals surface area contributed by atoms with Crippen LogP contribution in [0.5, 0.6) is 0 Å². The number of aliphatic hydroxyl groups is 1. The van der Waals surface area contributed by atoms with Crippen LogP contribution >= 0.6 is 0 Å². The summed E-state index contributed by atoms with van der Waals surface area (Å²) in [5.74, 6) is 10.6. The van der Waals surface area contributed by atoms with Crippen molar-refractivity contribution in [2.45, 2.75) is 140 Å². The van der Waals surface area contributed by atoms with Crippen molar-refractivity contribution in [3.8, 4) is 0 Å². The van der Waals surface area contributed by atoms with E-state index < -0.39 is 0 Å². The van der Waals surface area contributed by atoms with E-state index in [1.54, 1.807) is 0 Å². The minimum Gasteiger partial charge on any atom is -0.393 e. The molecule has 5 rings (SSSR count). The van der Waals surface area contributed by atoms with Crippen LogP contribution in [0.25, 0.3) is 0 Å². The zero-order valence-electron chi connectivity index (χ0n) is 27.4. The molecular formula is C37H66O. The molecule has 0 aromatic rings. The van der Waals surface area contributed by atoms with Gasteiger partial charge in [0.2, 0.25) is 0 Å². The van der Waals surface area contributed by atoms with E-state index >= 15 is 0 Å². The molecule has 5 saturated carbocycles. The molecule has 0 bridgehead atoms. The standard InChI is InChI=1S/C37H66O/c1-21(2)32-23(4)20-35(9)27(8)36(10)31(19-28-15-13-16-29(38)18-28)30-17-12-14-22(3)33(30)24(5)34(36)26(7)37(35,11)25(32)6/h21-34,38H,12-20H2,1-11H3. The Hall–Kier alpha value is -0.0400. The molecule has 1 heteroatoms. The van der Waals surface area contributed by atoms with Gasteiger partial charge in [-0.25, -0.2) is 0 Å². The molecule has 0 aromatic carbocycles. The molecule has 16 unspecified atom stereocenters. The first-order valence-corrected chi connectivity index (χ1v) is 17.4. The largest absolute Gasteiger partial charge is 0.393 e. The lowest BCUT2D eigenvalue weighted by Gasteiger charge is -2.77. The van der Waals surface area contributed by atoms with Crippen molar-refractivity contribution >= 4 is 0 Å². The molecule has 0 heterocycles. The fraction of sp³-hybridized carbons (Fsp3) is 1.00. The van der Waals surface area contributed by atoms with E-state index in [4.69, 9.17) is 0 Å². The number of hydrogen-bond donors (Lipinski definition) is 1. The summed E-state index contributed by atoms with van der Waals surface area (Å²) in [7, 11) is 0. The number of rotatable bonds is 3. The van der Waals surface area contributed by atoms with E-state index in [0.717, 1.165) is 89.8 Å². The molecule has 1 nitrogen and oxygen atoms in total. The zero-order valence-corrected chi connectivity index (χ0v) is 27.4. The summed E-state index contributed by atoms with van der Waals surface area (Å²) in [6, 6.07) is 0. The maximum Gasteiger partial charge on any atom is 0.0542 e. The summed E-state index contributed by atoms with van der Waals surface area (Å²) >= 11 is 0. The summed E-state index contributed by atoms with van der Waals surface area (Å²) in [4.78, 5) is 0. The highest BCUT2D eigenvalue weighted by molar-refractivity contribution is 5.20. The molecular weight excluding hydrogens is 460 g/mol. The fourth-order valence-electron chi connectivity index (χ4n) is 14.6. The second-order valence-corrected chi connectivity index (χ2v) is 17.4. The predicted molar refractivity (Wildman–Crippen MR) is 163 cm³/mol. The third-order valence-electron chi connectivity index (χ3n) is 16.2. The second-order valence-electron chi connectivity index (χ2n) is 17.4. The molecule has 5 aliphatic rings. The maximum atomic E-state index is 10.7. The topological polar surface area (TPSA) is 20.2 Å². The molecule has 0 spiro atoms. The van der Waals surface area contributed by atoms with Crippen LogP contribution in [0, 0.1) is 93.2 Å². The highest BCUT2D eigenvalue weighted by Crippen LogP contribution is 2.78. The predicted octanol–water partition coefficient (Wildman–Crippen LogP) is 10.1. The Morgan fingerprint density at radius 3 is 2.11 bits per heavy atom. The van der Waals surface area contributed by atoms with E-state index in [2.05, 4.69) is 76.2 Å². The first-order chi connectivity index (χ1) is 17.7. The van der Waals surface area contributed by atoms with E-state index in [0.29, 0.717) is 16.2 Å². The summed E-state index contributed by atoms with van der Waals surface area (Å²) in [5, 5.41) is 10.7. The minimum absolute atomic E-state index is 0.0440. The highest BCUT2D eigenvalue weighted by atomic mass is 16.3. The Morgan fingerprint density at radius 1 is 0.816 bits per heavy atom. The van der Waals surface area contributed by atoms with Crippen LogP contribution in [-0.4, -0.2) is 11.2 Å². The molecule has 5 aliphatic carbocycles. The first-order valence-electron chi connectivity index (χ1n) is 17.4. The molecule has 1 N–H and O–H groups in total. The molecule has 5 fully saturated rings. The normalized spacial score (nSPS) is 59.1. The number of fused-ring (bicyclic) bond motifs is 3. The monoisotopic (exact) mass is 527 g/mol. The average molecular weight is 527 g/mol. The quantitative estimate of drug-likeness (QED) is 0.388. The van der Waals surface area contributed by atoms with Gasteiger partial charge in [0, 0.05) is 0 Å². The SMILES string of the molecule is CC(C)C1C(C)CC2(C)C(C)C3(C)C(CC4CCCC(O)C4)C4CCCC(C)C4C(C)C3C(C)C2(C)C1C. The Bertz CT molecular complexity index is 848. The van der Waals surface area contributed by atoms with Gasteiger partial charge < -0.3 is 5.11 Å². The first kappa shape index (κ1) is 29.5. The van der Waals surface area contributed by atoms with Gasteiger partial charge in [0.25, 0.3) is 0 Å². The Morgan fingerprint density at radius 2 is 1.47 bits per heavy atom. The van der Waals surface area contributed by atoms with E-state index in [1.807, 2.05) is 0 Å². The highest BCUT2D eigenvalue weighted by Gasteiger charge is 2.73. The van der Waals surface area contributed by atoms with Crippen LogP contribution in [0.3, 0.4) is 0 Å². The molecule has 0 amide bonds. The smallest absolute Gasteiger partial charge is 0.0542 e. The van der Waals surface area contributed by atoms with Crippen molar-refractivity contribution in [1.29, 1.82) is 0 Å². The number of hydrogen-bond acceptors (Lipinski definition) is 1. The van der Waals surface area contributed by atoms with Crippen LogP contribution < -0.4 is 0 Å². The third-order valence-corrected chi connectivity index (χ3v) is 16.2. The van der Waals surface area contributed by atoms with Crippen molar-refractivity contribution in [1.82, 2.24) is 0 Å². The molecule has 0 radical (unpaired) electrons. The van der Waals surface area contributed by atoms with Gasteiger partial charge in [0.15, 0.2) is 0 Å². The fourth-order valence-corrected chi connectivity index (χ4v) is 14.6. The maximum absolute atomic E-state index is 10.7. The minimum atomic E-state index is -0.0440. The van der Waals surface area contributed by atoms with Gasteiger partial charge >= 0.3 is 0 Å². The van der Waals surface area contributed by atoms with E-state index in [-0.39, 0.29) is 6.10 Å². The Labute approximate surface area is 238 Å². The lowest BCUT2D eigenvalue weighted by molar-refractivity contribution is -0.294. The van der Waals surface area contributed by atoms with Crippen molar-refractivity contribution < 1.29 is 5.11 Å². The molecule has 0 aromatic heterocycles. The summed E-state index contributed by atoms with van der Waals surface area (Å²) in [5.41, 5.74) is 1.18. The van der Waals surface area contributed by atoms with Crippen LogP contribution in [0.15, 0.2) is 0 Å². The van der Waals surface area contributed by atoms with Crippen LogP contribution in [0.2, 0.25) is 0 Å². The van der Waals surface area contributed by atoms with Gasteiger partial charge in [0.05, 0.1) is 6.10 Å². The van der Waals surface area contributed by atoms with Crippen molar-refractivity contribution in [3.05, 3.63) is 0 Å². The Balaban J connectivity index is 1.63. The van der Waals surface area contributed by atoms with Gasteiger partial charge in [-0.3, -0.25) is 0 Å². The molecule has 0 aliphatic heterocycles. The van der Waals surface area contributed by atoms with Gasteiger partial charge in [-0.1, -0.05) is 102 Å². The lowest BCUT2D eigenvalue weighted by atomic mass is 9.27. The molecule has 220 valence electrons. The van der Waals surface area contributed by atoms with Crippen LogP contribution in [0.4, 0.5) is 0 Å². The zero-order chi connectivity index (χ0) is 27.9. The summed E-state index contributed by atoms with van der Waals surface area (Å²) in [6.45, 7) is 29.6. The lowest BCUT2D eigenvalue weighted by Crippen LogP contribution is -2.72. The van der Waals surface area contributed by atoms with Gasteiger partial charge in [-0.05, 0) is 125 Å². The summed E-state index contributed by atoms with van der Waals surface area (Å²) in [6.07, 6.45) is 11.9. The molecule has 38 heavy (non-hydrogen) atoms. The second kappa shape index (κ2) is 10.1. The number of aliphatic hydroxyl groups excluding tert-OH is 1. The van der Waals surface area contributed by atoms with Gasteiger partial charge in [-0.2, -0.15) is 0 Å². The van der Waals surface area contributed by atoms with Crippen LogP contribution in [0.1, 0.15) is 134 Å². The van der Waals surface area contributed by atoms with Crippen LogP contribution in [-0.2, 0) is 0 Å². The third kappa shape index (κ3) is 3.91. The molecule has 16 atom stereocenters. The van der Waals surface area contributed by atoms with Crippen molar-refractivity contribution in [3.63, 3.8) is 0 Å². The average Bonchev–Trinajstić information content (AvgIpc) is 2.83. The van der Waals surface area contributed by atoms with Gasteiger partial charge in [0.1, 0.15) is 0 Å².